The van der Waals surface area contributed by atoms with E-state index in [1.54, 1.807) is 12.5 Å². The van der Waals surface area contributed by atoms with Crippen LogP contribution in [-0.4, -0.2) is 42.9 Å². The molecule has 108 valence electrons. The zero-order chi connectivity index (χ0) is 13.6. The molecule has 1 aliphatic rings. The van der Waals surface area contributed by atoms with Gasteiger partial charge in [-0.05, 0) is 25.7 Å². The van der Waals surface area contributed by atoms with Crippen LogP contribution in [0.25, 0.3) is 0 Å². The standard InChI is InChI=1S/C12H22N4O2S/c17-19(18,10-7-14-12-3-4-12)15-5-1-2-8-16-9-6-13-11-16/h6,9,11-12,14-15H,1-5,7-8,10H2. The molecule has 1 aliphatic carbocycles. The lowest BCUT2D eigenvalue weighted by Crippen LogP contribution is -2.33. The van der Waals surface area contributed by atoms with E-state index in [9.17, 15) is 8.42 Å². The molecule has 1 aromatic heterocycles. The molecule has 0 saturated heterocycles. The molecule has 0 bridgehead atoms. The number of sulfonamides is 1. The molecule has 1 saturated carbocycles. The first-order valence-corrected chi connectivity index (χ1v) is 8.47. The summed E-state index contributed by atoms with van der Waals surface area (Å²) >= 11 is 0. The zero-order valence-electron chi connectivity index (χ0n) is 11.1. The predicted octanol–water partition coefficient (Wildman–Crippen LogP) is 0.335. The van der Waals surface area contributed by atoms with Gasteiger partial charge in [-0.3, -0.25) is 0 Å². The molecule has 6 nitrogen and oxygen atoms in total. The summed E-state index contributed by atoms with van der Waals surface area (Å²) in [5.41, 5.74) is 0. The van der Waals surface area contributed by atoms with Crippen molar-refractivity contribution in [2.24, 2.45) is 0 Å². The summed E-state index contributed by atoms with van der Waals surface area (Å²) in [5.74, 6) is 0.172. The summed E-state index contributed by atoms with van der Waals surface area (Å²) < 4.78 is 28.0. The van der Waals surface area contributed by atoms with Crippen molar-refractivity contribution >= 4 is 10.0 Å². The molecule has 7 heteroatoms. The highest BCUT2D eigenvalue weighted by molar-refractivity contribution is 7.89. The Morgan fingerprint density at radius 2 is 2.11 bits per heavy atom. The molecule has 0 atom stereocenters. The minimum Gasteiger partial charge on any atom is -0.337 e. The molecule has 0 amide bonds. The van der Waals surface area contributed by atoms with E-state index in [1.807, 2.05) is 10.8 Å². The SMILES string of the molecule is O=S(=O)(CCNC1CC1)NCCCCn1ccnc1. The van der Waals surface area contributed by atoms with Crippen LogP contribution in [0.3, 0.4) is 0 Å². The maximum atomic E-state index is 11.7. The Morgan fingerprint density at radius 1 is 1.26 bits per heavy atom. The smallest absolute Gasteiger partial charge is 0.212 e. The normalized spacial score (nSPS) is 15.8. The van der Waals surface area contributed by atoms with Crippen molar-refractivity contribution in [3.05, 3.63) is 18.7 Å². The molecular formula is C12H22N4O2S. The average molecular weight is 286 g/mol. The van der Waals surface area contributed by atoms with Crippen LogP contribution < -0.4 is 10.0 Å². The number of nitrogens with zero attached hydrogens (tertiary/aromatic N) is 2. The summed E-state index contributed by atoms with van der Waals surface area (Å²) in [7, 11) is -3.12. The molecular weight excluding hydrogens is 264 g/mol. The Morgan fingerprint density at radius 3 is 2.79 bits per heavy atom. The topological polar surface area (TPSA) is 76.0 Å². The highest BCUT2D eigenvalue weighted by Crippen LogP contribution is 2.17. The quantitative estimate of drug-likeness (QED) is 0.608. The molecule has 1 aromatic rings. The summed E-state index contributed by atoms with van der Waals surface area (Å²) in [6.07, 6.45) is 9.58. The Balaban J connectivity index is 1.50. The molecule has 0 spiro atoms. The van der Waals surface area contributed by atoms with Crippen molar-refractivity contribution in [3.8, 4) is 0 Å². The van der Waals surface area contributed by atoms with Gasteiger partial charge in [0.2, 0.25) is 10.0 Å². The number of hydrogen-bond donors (Lipinski definition) is 2. The predicted molar refractivity (Wildman–Crippen MR) is 74.3 cm³/mol. The highest BCUT2D eigenvalue weighted by Gasteiger charge is 2.20. The van der Waals surface area contributed by atoms with Crippen LogP contribution in [0.5, 0.6) is 0 Å². The maximum Gasteiger partial charge on any atom is 0.212 e. The van der Waals surface area contributed by atoms with E-state index >= 15 is 0 Å². The number of nitrogens with one attached hydrogen (secondary N) is 2. The number of aryl methyl sites for hydroxylation is 1. The molecule has 1 fully saturated rings. The Labute approximate surface area is 114 Å². The Bertz CT molecular complexity index is 454. The van der Waals surface area contributed by atoms with Gasteiger partial charge in [0.15, 0.2) is 0 Å². The number of imidazole rings is 1. The van der Waals surface area contributed by atoms with E-state index in [4.69, 9.17) is 0 Å². The van der Waals surface area contributed by atoms with Gasteiger partial charge in [-0.1, -0.05) is 0 Å². The van der Waals surface area contributed by atoms with Crippen molar-refractivity contribution in [1.29, 1.82) is 0 Å². The van der Waals surface area contributed by atoms with E-state index in [2.05, 4.69) is 15.0 Å². The van der Waals surface area contributed by atoms with Gasteiger partial charge in [0, 0.05) is 38.1 Å². The summed E-state index contributed by atoms with van der Waals surface area (Å²) in [4.78, 5) is 3.96. The van der Waals surface area contributed by atoms with Gasteiger partial charge >= 0.3 is 0 Å². The lowest BCUT2D eigenvalue weighted by molar-refractivity contribution is 0.562. The van der Waals surface area contributed by atoms with Gasteiger partial charge < -0.3 is 9.88 Å². The van der Waals surface area contributed by atoms with E-state index in [0.29, 0.717) is 19.1 Å². The molecule has 1 heterocycles. The Kier molecular flexibility index (Phi) is 5.35. The Hall–Kier alpha value is -0.920. The van der Waals surface area contributed by atoms with Crippen LogP contribution in [-0.2, 0) is 16.6 Å². The molecule has 0 aromatic carbocycles. The number of hydrogen-bond acceptors (Lipinski definition) is 4. The van der Waals surface area contributed by atoms with Crippen molar-refractivity contribution in [1.82, 2.24) is 19.6 Å². The van der Waals surface area contributed by atoms with Crippen LogP contribution in [0.15, 0.2) is 18.7 Å². The fraction of sp³-hybridized carbons (Fsp3) is 0.750. The minimum atomic E-state index is -3.12. The van der Waals surface area contributed by atoms with Gasteiger partial charge in [-0.15, -0.1) is 0 Å². The van der Waals surface area contributed by atoms with Gasteiger partial charge in [0.1, 0.15) is 0 Å². The molecule has 0 aliphatic heterocycles. The number of rotatable bonds is 10. The molecule has 0 unspecified atom stereocenters. The summed E-state index contributed by atoms with van der Waals surface area (Å²) in [6.45, 7) is 1.94. The van der Waals surface area contributed by atoms with E-state index in [1.165, 1.54) is 12.8 Å². The van der Waals surface area contributed by atoms with E-state index in [-0.39, 0.29) is 5.75 Å². The van der Waals surface area contributed by atoms with Gasteiger partial charge in [-0.2, -0.15) is 0 Å². The minimum absolute atomic E-state index is 0.172. The van der Waals surface area contributed by atoms with Crippen LogP contribution >= 0.6 is 0 Å². The van der Waals surface area contributed by atoms with E-state index in [0.717, 1.165) is 19.4 Å². The van der Waals surface area contributed by atoms with Gasteiger partial charge in [0.25, 0.3) is 0 Å². The second kappa shape index (κ2) is 7.02. The number of aromatic nitrogens is 2. The third-order valence-corrected chi connectivity index (χ3v) is 4.49. The molecule has 2 rings (SSSR count). The lowest BCUT2D eigenvalue weighted by Gasteiger charge is -2.07. The molecule has 2 N–H and O–H groups in total. The largest absolute Gasteiger partial charge is 0.337 e. The lowest BCUT2D eigenvalue weighted by atomic mass is 10.3. The third kappa shape index (κ3) is 6.17. The van der Waals surface area contributed by atoms with Gasteiger partial charge in [0.05, 0.1) is 12.1 Å². The maximum absolute atomic E-state index is 11.7. The zero-order valence-corrected chi connectivity index (χ0v) is 11.9. The first kappa shape index (κ1) is 14.5. The first-order valence-electron chi connectivity index (χ1n) is 6.82. The van der Waals surface area contributed by atoms with Crippen molar-refractivity contribution in [2.45, 2.75) is 38.3 Å². The van der Waals surface area contributed by atoms with Crippen molar-refractivity contribution in [3.63, 3.8) is 0 Å². The highest BCUT2D eigenvalue weighted by atomic mass is 32.2. The van der Waals surface area contributed by atoms with Crippen molar-refractivity contribution in [2.75, 3.05) is 18.8 Å². The van der Waals surface area contributed by atoms with Crippen LogP contribution in [0, 0.1) is 0 Å². The van der Waals surface area contributed by atoms with Gasteiger partial charge in [-0.25, -0.2) is 18.1 Å². The van der Waals surface area contributed by atoms with Crippen LogP contribution in [0.4, 0.5) is 0 Å². The fourth-order valence-electron chi connectivity index (χ4n) is 1.82. The number of unbranched alkanes of at least 4 members (excludes halogenated alkanes) is 1. The second-order valence-electron chi connectivity index (χ2n) is 4.95. The van der Waals surface area contributed by atoms with Crippen LogP contribution in [0.1, 0.15) is 25.7 Å². The molecule has 0 radical (unpaired) electrons. The second-order valence-corrected chi connectivity index (χ2v) is 6.88. The molecule has 19 heavy (non-hydrogen) atoms. The summed E-state index contributed by atoms with van der Waals surface area (Å²) in [5, 5.41) is 3.20. The van der Waals surface area contributed by atoms with E-state index < -0.39 is 10.0 Å². The monoisotopic (exact) mass is 286 g/mol. The fourth-order valence-corrected chi connectivity index (χ4v) is 2.81. The average Bonchev–Trinajstić information content (AvgIpc) is 3.03. The first-order chi connectivity index (χ1) is 9.16. The third-order valence-electron chi connectivity index (χ3n) is 3.11. The summed E-state index contributed by atoms with van der Waals surface area (Å²) in [6, 6.07) is 0.561. The van der Waals surface area contributed by atoms with Crippen molar-refractivity contribution < 1.29 is 8.42 Å². The van der Waals surface area contributed by atoms with Crippen LogP contribution in [0.2, 0.25) is 0 Å².